The summed E-state index contributed by atoms with van der Waals surface area (Å²) in [6.07, 6.45) is 0. The summed E-state index contributed by atoms with van der Waals surface area (Å²) in [4.78, 5) is 4.65. The lowest BCUT2D eigenvalue weighted by Gasteiger charge is -2.22. The number of likely N-dealkylation sites (N-methyl/N-ethyl adjacent to an activating group) is 1. The summed E-state index contributed by atoms with van der Waals surface area (Å²) in [5, 5.41) is 4.48. The predicted molar refractivity (Wildman–Crippen MR) is 80.9 cm³/mol. The molecule has 0 aliphatic rings. The quantitative estimate of drug-likeness (QED) is 0.865. The van der Waals surface area contributed by atoms with Crippen LogP contribution in [0.15, 0.2) is 34.9 Å². The van der Waals surface area contributed by atoms with Gasteiger partial charge in [-0.1, -0.05) is 32.0 Å². The van der Waals surface area contributed by atoms with Crippen molar-refractivity contribution < 1.29 is 0 Å². The fraction of sp³-hybridized carbons (Fsp3) is 0.400. The van der Waals surface area contributed by atoms with Crippen LogP contribution in [0, 0.1) is 5.92 Å². The summed E-state index contributed by atoms with van der Waals surface area (Å²) in [5.74, 6) is 1.05. The van der Waals surface area contributed by atoms with Gasteiger partial charge in [0.1, 0.15) is 4.60 Å². The van der Waals surface area contributed by atoms with Gasteiger partial charge in [-0.2, -0.15) is 0 Å². The van der Waals surface area contributed by atoms with Crippen LogP contribution in [0.3, 0.4) is 0 Å². The highest BCUT2D eigenvalue weighted by Gasteiger charge is 2.19. The maximum atomic E-state index is 4.65. The van der Waals surface area contributed by atoms with Crippen LogP contribution in [-0.2, 0) is 0 Å². The molecule has 18 heavy (non-hydrogen) atoms. The summed E-state index contributed by atoms with van der Waals surface area (Å²) in [6.45, 7) is 5.48. The summed E-state index contributed by atoms with van der Waals surface area (Å²) in [7, 11) is 2.00. The average molecular weight is 307 g/mol. The Morgan fingerprint density at radius 2 is 2.00 bits per heavy atom. The van der Waals surface area contributed by atoms with E-state index in [1.165, 1.54) is 10.9 Å². The van der Waals surface area contributed by atoms with Gasteiger partial charge in [-0.05, 0) is 46.6 Å². The van der Waals surface area contributed by atoms with Gasteiger partial charge in [-0.15, -0.1) is 0 Å². The molecular weight excluding hydrogens is 288 g/mol. The molecule has 1 heterocycles. The first-order chi connectivity index (χ1) is 8.63. The molecule has 3 heteroatoms. The normalized spacial score (nSPS) is 13.2. The Balaban J connectivity index is 2.51. The number of aromatic nitrogens is 1. The second-order valence-electron chi connectivity index (χ2n) is 4.97. The summed E-state index contributed by atoms with van der Waals surface area (Å²) >= 11 is 3.62. The van der Waals surface area contributed by atoms with E-state index in [1.54, 1.807) is 0 Å². The second-order valence-corrected chi connectivity index (χ2v) is 5.72. The molecule has 2 rings (SSSR count). The molecule has 0 bridgehead atoms. The molecule has 0 aliphatic carbocycles. The van der Waals surface area contributed by atoms with Gasteiger partial charge in [0.05, 0.1) is 5.52 Å². The van der Waals surface area contributed by atoms with Crippen LogP contribution in [-0.4, -0.2) is 18.6 Å². The number of para-hydroxylation sites is 1. The molecule has 2 aromatic rings. The van der Waals surface area contributed by atoms with E-state index in [0.717, 1.165) is 16.7 Å². The summed E-state index contributed by atoms with van der Waals surface area (Å²) < 4.78 is 0.968. The van der Waals surface area contributed by atoms with Crippen LogP contribution < -0.4 is 5.32 Å². The first kappa shape index (κ1) is 13.5. The first-order valence-electron chi connectivity index (χ1n) is 6.33. The molecular formula is C15H19BrN2. The van der Waals surface area contributed by atoms with Crippen molar-refractivity contribution in [1.29, 1.82) is 0 Å². The van der Waals surface area contributed by atoms with E-state index in [4.69, 9.17) is 0 Å². The minimum atomic E-state index is 0.474. The molecule has 1 atom stereocenters. The Morgan fingerprint density at radius 3 is 2.67 bits per heavy atom. The number of hydrogen-bond donors (Lipinski definition) is 1. The molecule has 0 saturated carbocycles. The highest BCUT2D eigenvalue weighted by atomic mass is 79.9. The molecule has 0 radical (unpaired) electrons. The third-order valence-electron chi connectivity index (χ3n) is 3.33. The van der Waals surface area contributed by atoms with Gasteiger partial charge < -0.3 is 5.32 Å². The highest BCUT2D eigenvalue weighted by Crippen LogP contribution is 2.31. The van der Waals surface area contributed by atoms with Crippen LogP contribution in [0.1, 0.15) is 25.3 Å². The molecule has 0 saturated heterocycles. The van der Waals surface area contributed by atoms with E-state index in [1.807, 2.05) is 19.2 Å². The van der Waals surface area contributed by atoms with Gasteiger partial charge in [0.2, 0.25) is 0 Å². The average Bonchev–Trinajstić information content (AvgIpc) is 2.35. The van der Waals surface area contributed by atoms with Gasteiger partial charge in [0.25, 0.3) is 0 Å². The van der Waals surface area contributed by atoms with Crippen LogP contribution in [0.4, 0.5) is 0 Å². The summed E-state index contributed by atoms with van der Waals surface area (Å²) in [6, 6.07) is 10.5. The van der Waals surface area contributed by atoms with Crippen molar-refractivity contribution in [3.8, 4) is 0 Å². The van der Waals surface area contributed by atoms with E-state index in [0.29, 0.717) is 11.8 Å². The van der Waals surface area contributed by atoms with Crippen molar-refractivity contribution in [2.24, 2.45) is 5.92 Å². The minimum absolute atomic E-state index is 0.474. The fourth-order valence-electron chi connectivity index (χ4n) is 2.29. The van der Waals surface area contributed by atoms with Crippen molar-refractivity contribution in [2.45, 2.75) is 19.8 Å². The van der Waals surface area contributed by atoms with E-state index >= 15 is 0 Å². The monoisotopic (exact) mass is 306 g/mol. The predicted octanol–water partition coefficient (Wildman–Crippen LogP) is 3.96. The van der Waals surface area contributed by atoms with Gasteiger partial charge >= 0.3 is 0 Å². The highest BCUT2D eigenvalue weighted by molar-refractivity contribution is 9.10. The molecule has 1 aromatic heterocycles. The Hall–Kier alpha value is -0.930. The van der Waals surface area contributed by atoms with Crippen LogP contribution in [0.2, 0.25) is 0 Å². The number of rotatable bonds is 4. The number of pyridine rings is 1. The third-order valence-corrected chi connectivity index (χ3v) is 3.97. The zero-order chi connectivity index (χ0) is 13.1. The number of halogens is 1. The standard InChI is InChI=1S/C15H19BrN2/c1-10(2)13(9-17-3)12-8-11-6-4-5-7-14(11)18-15(12)16/h4-8,10,13,17H,9H2,1-3H3. The first-order valence-corrected chi connectivity index (χ1v) is 7.12. The molecule has 96 valence electrons. The Bertz CT molecular complexity index is 537. The zero-order valence-corrected chi connectivity index (χ0v) is 12.7. The van der Waals surface area contributed by atoms with Gasteiger partial charge in [-0.25, -0.2) is 4.98 Å². The molecule has 0 aliphatic heterocycles. The van der Waals surface area contributed by atoms with Crippen LogP contribution in [0.25, 0.3) is 10.9 Å². The lowest BCUT2D eigenvalue weighted by molar-refractivity contribution is 0.476. The minimum Gasteiger partial charge on any atom is -0.319 e. The maximum absolute atomic E-state index is 4.65. The number of benzene rings is 1. The Morgan fingerprint density at radius 1 is 1.28 bits per heavy atom. The van der Waals surface area contributed by atoms with Crippen molar-refractivity contribution in [1.82, 2.24) is 10.3 Å². The fourth-order valence-corrected chi connectivity index (χ4v) is 2.89. The van der Waals surface area contributed by atoms with Gasteiger partial charge in [0.15, 0.2) is 0 Å². The molecule has 0 spiro atoms. The number of fused-ring (bicyclic) bond motifs is 1. The number of hydrogen-bond acceptors (Lipinski definition) is 2. The van der Waals surface area contributed by atoms with E-state index < -0.39 is 0 Å². The third kappa shape index (κ3) is 2.73. The molecule has 1 aromatic carbocycles. The van der Waals surface area contributed by atoms with Crippen LogP contribution in [0.5, 0.6) is 0 Å². The maximum Gasteiger partial charge on any atom is 0.110 e. The lowest BCUT2D eigenvalue weighted by atomic mass is 9.89. The van der Waals surface area contributed by atoms with Crippen molar-refractivity contribution >= 4 is 26.8 Å². The van der Waals surface area contributed by atoms with E-state index in [-0.39, 0.29) is 0 Å². The van der Waals surface area contributed by atoms with E-state index in [2.05, 4.69) is 58.3 Å². The van der Waals surface area contributed by atoms with Crippen LogP contribution >= 0.6 is 15.9 Å². The zero-order valence-electron chi connectivity index (χ0n) is 11.1. The lowest BCUT2D eigenvalue weighted by Crippen LogP contribution is -2.22. The number of nitrogens with zero attached hydrogens (tertiary/aromatic N) is 1. The van der Waals surface area contributed by atoms with Crippen molar-refractivity contribution in [2.75, 3.05) is 13.6 Å². The largest absolute Gasteiger partial charge is 0.319 e. The van der Waals surface area contributed by atoms with Gasteiger partial charge in [0, 0.05) is 17.8 Å². The Kier molecular flexibility index (Phi) is 4.36. The number of nitrogens with one attached hydrogen (secondary N) is 1. The SMILES string of the molecule is CNCC(c1cc2ccccc2nc1Br)C(C)C. The van der Waals surface area contributed by atoms with Crippen molar-refractivity contribution in [3.63, 3.8) is 0 Å². The van der Waals surface area contributed by atoms with Crippen molar-refractivity contribution in [3.05, 3.63) is 40.5 Å². The smallest absolute Gasteiger partial charge is 0.110 e. The molecule has 1 N–H and O–H groups in total. The Labute approximate surface area is 117 Å². The second kappa shape index (κ2) is 5.81. The topological polar surface area (TPSA) is 24.9 Å². The molecule has 0 amide bonds. The van der Waals surface area contributed by atoms with Gasteiger partial charge in [-0.3, -0.25) is 0 Å². The molecule has 1 unspecified atom stereocenters. The summed E-state index contributed by atoms with van der Waals surface area (Å²) in [5.41, 5.74) is 2.33. The molecule has 2 nitrogen and oxygen atoms in total. The van der Waals surface area contributed by atoms with E-state index in [9.17, 15) is 0 Å². The molecule has 0 fully saturated rings.